The highest BCUT2D eigenvalue weighted by Crippen LogP contribution is 2.18. The largest absolute Gasteiger partial charge is 0.392 e. The molecule has 0 spiro atoms. The molecule has 1 aliphatic heterocycles. The number of aliphatic hydroxyl groups is 1. The van der Waals surface area contributed by atoms with Gasteiger partial charge >= 0.3 is 0 Å². The summed E-state index contributed by atoms with van der Waals surface area (Å²) >= 11 is 0. The number of pyridine rings is 1. The molecule has 4 heteroatoms. The van der Waals surface area contributed by atoms with Gasteiger partial charge in [-0.1, -0.05) is 6.07 Å². The second kappa shape index (κ2) is 7.72. The standard InChI is InChI=1S/C16H27N3O/c1-14(20)11-19-8-5-15(6-9-19)12-18(2)13-16-4-3-7-17-10-16/h3-4,7,10,14-15,20H,5-6,8-9,11-13H2,1-2H3/t14-/m0/s1. The maximum Gasteiger partial charge on any atom is 0.0639 e. The third kappa shape index (κ3) is 5.19. The monoisotopic (exact) mass is 277 g/mol. The van der Waals surface area contributed by atoms with Crippen molar-refractivity contribution in [3.8, 4) is 0 Å². The Kier molecular flexibility index (Phi) is 5.95. The van der Waals surface area contributed by atoms with Crippen LogP contribution in [0.5, 0.6) is 0 Å². The number of rotatable bonds is 6. The normalized spacial score (nSPS) is 19.4. The molecule has 1 N–H and O–H groups in total. The summed E-state index contributed by atoms with van der Waals surface area (Å²) in [4.78, 5) is 8.94. The van der Waals surface area contributed by atoms with Crippen LogP contribution in [0, 0.1) is 5.92 Å². The Labute approximate surface area is 122 Å². The molecule has 4 nitrogen and oxygen atoms in total. The Hall–Kier alpha value is -0.970. The van der Waals surface area contributed by atoms with Crippen molar-refractivity contribution in [2.45, 2.75) is 32.4 Å². The average molecular weight is 277 g/mol. The first-order valence-electron chi connectivity index (χ1n) is 7.61. The Morgan fingerprint density at radius 3 is 2.80 bits per heavy atom. The fraction of sp³-hybridized carbons (Fsp3) is 0.688. The highest BCUT2D eigenvalue weighted by Gasteiger charge is 2.21. The van der Waals surface area contributed by atoms with E-state index < -0.39 is 0 Å². The molecule has 0 unspecified atom stereocenters. The van der Waals surface area contributed by atoms with Gasteiger partial charge in [-0.25, -0.2) is 0 Å². The molecule has 0 saturated carbocycles. The van der Waals surface area contributed by atoms with E-state index in [0.29, 0.717) is 0 Å². The molecule has 0 aliphatic carbocycles. The number of aromatic nitrogens is 1. The number of nitrogens with zero attached hydrogens (tertiary/aromatic N) is 3. The van der Waals surface area contributed by atoms with E-state index in [4.69, 9.17) is 0 Å². The molecule has 20 heavy (non-hydrogen) atoms. The first-order chi connectivity index (χ1) is 9.63. The van der Waals surface area contributed by atoms with Gasteiger partial charge in [-0.3, -0.25) is 4.98 Å². The predicted octanol–water partition coefficient (Wildman–Crippen LogP) is 1.61. The minimum absolute atomic E-state index is 0.209. The molecule has 0 amide bonds. The van der Waals surface area contributed by atoms with Crippen molar-refractivity contribution in [3.63, 3.8) is 0 Å². The van der Waals surface area contributed by atoms with E-state index in [0.717, 1.165) is 38.6 Å². The summed E-state index contributed by atoms with van der Waals surface area (Å²) in [5.74, 6) is 0.780. The van der Waals surface area contributed by atoms with Gasteiger partial charge in [0, 0.05) is 32.0 Å². The molecule has 1 aromatic rings. The van der Waals surface area contributed by atoms with Crippen molar-refractivity contribution < 1.29 is 5.11 Å². The molecule has 0 bridgehead atoms. The number of β-amino-alcohol motifs (C(OH)–C–C–N with tert-alkyl or cyclic N) is 1. The lowest BCUT2D eigenvalue weighted by Gasteiger charge is -2.34. The summed E-state index contributed by atoms with van der Waals surface area (Å²) in [6.07, 6.45) is 6.04. The molecule has 1 fully saturated rings. The summed E-state index contributed by atoms with van der Waals surface area (Å²) in [7, 11) is 2.19. The summed E-state index contributed by atoms with van der Waals surface area (Å²) in [6, 6.07) is 4.13. The van der Waals surface area contributed by atoms with Gasteiger partial charge in [0.25, 0.3) is 0 Å². The maximum atomic E-state index is 9.42. The second-order valence-corrected chi connectivity index (χ2v) is 6.15. The molecule has 1 saturated heterocycles. The van der Waals surface area contributed by atoms with Crippen LogP contribution in [0.25, 0.3) is 0 Å². The molecular weight excluding hydrogens is 250 g/mol. The van der Waals surface area contributed by atoms with E-state index >= 15 is 0 Å². The van der Waals surface area contributed by atoms with Gasteiger partial charge in [0.2, 0.25) is 0 Å². The summed E-state index contributed by atoms with van der Waals surface area (Å²) in [6.45, 7) is 7.05. The van der Waals surface area contributed by atoms with E-state index in [1.165, 1.54) is 18.4 Å². The Morgan fingerprint density at radius 2 is 2.20 bits per heavy atom. The molecule has 1 atom stereocenters. The first kappa shape index (κ1) is 15.4. The lowest BCUT2D eigenvalue weighted by atomic mass is 9.96. The molecule has 112 valence electrons. The van der Waals surface area contributed by atoms with E-state index in [1.807, 2.05) is 25.4 Å². The maximum absolute atomic E-state index is 9.42. The van der Waals surface area contributed by atoms with Gasteiger partial charge in [0.15, 0.2) is 0 Å². The predicted molar refractivity (Wildman–Crippen MR) is 81.4 cm³/mol. The van der Waals surface area contributed by atoms with Crippen molar-refractivity contribution in [2.24, 2.45) is 5.92 Å². The average Bonchev–Trinajstić information content (AvgIpc) is 2.41. The van der Waals surface area contributed by atoms with E-state index in [9.17, 15) is 5.11 Å². The van der Waals surface area contributed by atoms with Crippen LogP contribution in [-0.4, -0.2) is 59.2 Å². The fourth-order valence-corrected chi connectivity index (χ4v) is 3.03. The molecule has 1 aromatic heterocycles. The minimum Gasteiger partial charge on any atom is -0.392 e. The summed E-state index contributed by atoms with van der Waals surface area (Å²) in [5.41, 5.74) is 1.28. The molecule has 1 aliphatic rings. The van der Waals surface area contributed by atoms with Gasteiger partial charge in [-0.05, 0) is 57.5 Å². The SMILES string of the molecule is C[C@H](O)CN1CCC(CN(C)Cc2cccnc2)CC1. The van der Waals surface area contributed by atoms with Gasteiger partial charge in [-0.2, -0.15) is 0 Å². The van der Waals surface area contributed by atoms with Crippen LogP contribution in [0.2, 0.25) is 0 Å². The fourth-order valence-electron chi connectivity index (χ4n) is 3.03. The van der Waals surface area contributed by atoms with E-state index in [-0.39, 0.29) is 6.10 Å². The summed E-state index contributed by atoms with van der Waals surface area (Å²) < 4.78 is 0. The molecule has 2 heterocycles. The highest BCUT2D eigenvalue weighted by molar-refractivity contribution is 5.07. The van der Waals surface area contributed by atoms with Crippen LogP contribution < -0.4 is 0 Å². The molecule has 0 radical (unpaired) electrons. The van der Waals surface area contributed by atoms with E-state index in [2.05, 4.69) is 27.9 Å². The topological polar surface area (TPSA) is 39.6 Å². The number of piperidine rings is 1. The third-order valence-corrected chi connectivity index (χ3v) is 3.97. The Bertz CT molecular complexity index is 375. The van der Waals surface area contributed by atoms with Crippen LogP contribution in [0.15, 0.2) is 24.5 Å². The number of hydrogen-bond acceptors (Lipinski definition) is 4. The van der Waals surface area contributed by atoms with Gasteiger partial charge in [0.05, 0.1) is 6.10 Å². The molecule has 2 rings (SSSR count). The number of likely N-dealkylation sites (tertiary alicyclic amines) is 1. The quantitative estimate of drug-likeness (QED) is 0.857. The van der Waals surface area contributed by atoms with Crippen molar-refractivity contribution in [3.05, 3.63) is 30.1 Å². The van der Waals surface area contributed by atoms with Crippen LogP contribution in [0.1, 0.15) is 25.3 Å². The zero-order valence-electron chi connectivity index (χ0n) is 12.7. The molecule has 0 aromatic carbocycles. The first-order valence-corrected chi connectivity index (χ1v) is 7.61. The zero-order chi connectivity index (χ0) is 14.4. The lowest BCUT2D eigenvalue weighted by Crippen LogP contribution is -2.40. The number of aliphatic hydroxyl groups excluding tert-OH is 1. The smallest absolute Gasteiger partial charge is 0.0639 e. The third-order valence-electron chi connectivity index (χ3n) is 3.97. The van der Waals surface area contributed by atoms with Crippen molar-refractivity contribution >= 4 is 0 Å². The second-order valence-electron chi connectivity index (χ2n) is 6.15. The van der Waals surface area contributed by atoms with E-state index in [1.54, 1.807) is 0 Å². The van der Waals surface area contributed by atoms with Crippen LogP contribution in [0.3, 0.4) is 0 Å². The van der Waals surface area contributed by atoms with Crippen LogP contribution in [0.4, 0.5) is 0 Å². The van der Waals surface area contributed by atoms with Gasteiger partial charge in [-0.15, -0.1) is 0 Å². The lowest BCUT2D eigenvalue weighted by molar-refractivity contribution is 0.0919. The molecular formula is C16H27N3O. The minimum atomic E-state index is -0.209. The Balaban J connectivity index is 1.70. The van der Waals surface area contributed by atoms with Gasteiger partial charge < -0.3 is 14.9 Å². The summed E-state index contributed by atoms with van der Waals surface area (Å²) in [5, 5.41) is 9.42. The van der Waals surface area contributed by atoms with Crippen molar-refractivity contribution in [2.75, 3.05) is 33.2 Å². The highest BCUT2D eigenvalue weighted by atomic mass is 16.3. The Morgan fingerprint density at radius 1 is 1.45 bits per heavy atom. The van der Waals surface area contributed by atoms with Crippen molar-refractivity contribution in [1.29, 1.82) is 0 Å². The van der Waals surface area contributed by atoms with Crippen molar-refractivity contribution in [1.82, 2.24) is 14.8 Å². The van der Waals surface area contributed by atoms with Crippen LogP contribution >= 0.6 is 0 Å². The van der Waals surface area contributed by atoms with Gasteiger partial charge in [0.1, 0.15) is 0 Å². The number of hydrogen-bond donors (Lipinski definition) is 1. The van der Waals surface area contributed by atoms with Crippen LogP contribution in [-0.2, 0) is 6.54 Å². The zero-order valence-corrected chi connectivity index (χ0v) is 12.7.